The van der Waals surface area contributed by atoms with Gasteiger partial charge >= 0.3 is 0 Å². The van der Waals surface area contributed by atoms with Gasteiger partial charge in [0.1, 0.15) is 0 Å². The number of unbranched alkanes of at least 4 members (excludes halogenated alkanes) is 14. The molecule has 0 fully saturated rings. The van der Waals surface area contributed by atoms with Crippen molar-refractivity contribution in [3.05, 3.63) is 0 Å². The number of likely N-dealkylation sites (N-methyl/N-ethyl adjacent to an activating group) is 1. The minimum absolute atomic E-state index is 0. The van der Waals surface area contributed by atoms with Crippen LogP contribution in [0.1, 0.15) is 110 Å². The van der Waals surface area contributed by atoms with Crippen LogP contribution in [-0.4, -0.2) is 37.1 Å². The van der Waals surface area contributed by atoms with E-state index in [9.17, 15) is 9.59 Å². The molecule has 0 radical (unpaired) electrons. The summed E-state index contributed by atoms with van der Waals surface area (Å²) in [7, 11) is 3.64. The third-order valence-corrected chi connectivity index (χ3v) is 4.78. The highest BCUT2D eigenvalue weighted by atomic mass is 35.5. The average Bonchev–Trinajstić information content (AvgIpc) is 2.57. The minimum Gasteiger partial charge on any atom is -0.302 e. The minimum atomic E-state index is -0.240. The summed E-state index contributed by atoms with van der Waals surface area (Å²) >= 11 is 0. The van der Waals surface area contributed by atoms with Gasteiger partial charge in [-0.3, -0.25) is 9.59 Å². The molecule has 0 amide bonds. The molecule has 156 valence electrons. The topological polar surface area (TPSA) is 37.4 Å². The van der Waals surface area contributed by atoms with Gasteiger partial charge in [0, 0.05) is 6.42 Å². The summed E-state index contributed by atoms with van der Waals surface area (Å²) in [5, 5.41) is 0. The summed E-state index contributed by atoms with van der Waals surface area (Å²) in [4.78, 5) is 24.9. The molecule has 0 aromatic heterocycles. The SMILES string of the molecule is CCCCCCCCCCCCCCCCCC(=O)C(=O)CN(C)C.Cl. The Balaban J connectivity index is 0. The number of carbonyl (C=O) groups is 2. The van der Waals surface area contributed by atoms with E-state index in [4.69, 9.17) is 0 Å². The molecule has 26 heavy (non-hydrogen) atoms. The van der Waals surface area contributed by atoms with Crippen LogP contribution >= 0.6 is 12.4 Å². The summed E-state index contributed by atoms with van der Waals surface area (Å²) in [5.41, 5.74) is 0. The Kier molecular flexibility index (Phi) is 22.3. The van der Waals surface area contributed by atoms with Crippen LogP contribution in [0.15, 0.2) is 0 Å². The van der Waals surface area contributed by atoms with Gasteiger partial charge in [0.15, 0.2) is 5.78 Å². The van der Waals surface area contributed by atoms with E-state index in [1.807, 2.05) is 14.1 Å². The van der Waals surface area contributed by atoms with Crippen molar-refractivity contribution in [2.24, 2.45) is 0 Å². The fourth-order valence-corrected chi connectivity index (χ4v) is 3.17. The first kappa shape index (κ1) is 27.8. The van der Waals surface area contributed by atoms with Crippen molar-refractivity contribution in [3.63, 3.8) is 0 Å². The lowest BCUT2D eigenvalue weighted by Gasteiger charge is -2.07. The summed E-state index contributed by atoms with van der Waals surface area (Å²) in [6.45, 7) is 2.52. The number of nitrogens with zero attached hydrogens (tertiary/aromatic N) is 1. The van der Waals surface area contributed by atoms with E-state index in [2.05, 4.69) is 6.92 Å². The Hall–Kier alpha value is -0.410. The van der Waals surface area contributed by atoms with Gasteiger partial charge in [-0.2, -0.15) is 0 Å². The van der Waals surface area contributed by atoms with Crippen LogP contribution in [0.2, 0.25) is 0 Å². The Morgan fingerprint density at radius 2 is 0.923 bits per heavy atom. The predicted molar refractivity (Wildman–Crippen MR) is 115 cm³/mol. The molecule has 0 atom stereocenters. The second-order valence-electron chi connectivity index (χ2n) is 7.78. The molecule has 0 unspecified atom stereocenters. The molecule has 0 saturated heterocycles. The molecule has 3 nitrogen and oxygen atoms in total. The lowest BCUT2D eigenvalue weighted by molar-refractivity contribution is -0.137. The molecular formula is C22H44ClNO2. The van der Waals surface area contributed by atoms with Crippen LogP contribution in [-0.2, 0) is 9.59 Å². The lowest BCUT2D eigenvalue weighted by Crippen LogP contribution is -2.27. The molecule has 0 bridgehead atoms. The van der Waals surface area contributed by atoms with Crippen molar-refractivity contribution in [2.75, 3.05) is 20.6 Å². The quantitative estimate of drug-likeness (QED) is 0.190. The number of hydrogen-bond donors (Lipinski definition) is 0. The number of hydrogen-bond acceptors (Lipinski definition) is 3. The fraction of sp³-hybridized carbons (Fsp3) is 0.909. The van der Waals surface area contributed by atoms with E-state index in [0.717, 1.165) is 12.8 Å². The van der Waals surface area contributed by atoms with Crippen LogP contribution in [0.5, 0.6) is 0 Å². The first-order chi connectivity index (χ1) is 12.1. The number of carbonyl (C=O) groups excluding carboxylic acids is 2. The van der Waals surface area contributed by atoms with Crippen LogP contribution in [0.4, 0.5) is 0 Å². The Bertz CT molecular complexity index is 332. The second kappa shape index (κ2) is 20.9. The molecule has 0 aromatic carbocycles. The average molecular weight is 390 g/mol. The van der Waals surface area contributed by atoms with Gasteiger partial charge in [-0.1, -0.05) is 96.8 Å². The zero-order valence-corrected chi connectivity index (χ0v) is 18.5. The second-order valence-corrected chi connectivity index (χ2v) is 7.78. The third-order valence-electron chi connectivity index (χ3n) is 4.78. The molecule has 0 saturated carbocycles. The van der Waals surface area contributed by atoms with Crippen molar-refractivity contribution in [1.29, 1.82) is 0 Å². The first-order valence-electron chi connectivity index (χ1n) is 10.8. The van der Waals surface area contributed by atoms with E-state index < -0.39 is 0 Å². The van der Waals surface area contributed by atoms with Crippen LogP contribution in [0, 0.1) is 0 Å². The van der Waals surface area contributed by atoms with Gasteiger partial charge in [0.05, 0.1) is 6.54 Å². The molecule has 0 aromatic rings. The van der Waals surface area contributed by atoms with Crippen molar-refractivity contribution < 1.29 is 9.59 Å². The zero-order chi connectivity index (χ0) is 18.8. The van der Waals surface area contributed by atoms with Crippen molar-refractivity contribution in [2.45, 2.75) is 110 Å². The number of halogens is 1. The molecule has 0 rings (SSSR count). The van der Waals surface area contributed by atoms with Gasteiger partial charge < -0.3 is 4.90 Å². The zero-order valence-electron chi connectivity index (χ0n) is 17.7. The van der Waals surface area contributed by atoms with Crippen LogP contribution < -0.4 is 0 Å². The molecule has 0 N–H and O–H groups in total. The standard InChI is InChI=1S/C22H43NO2.ClH/c1-4-5-6-7-8-9-10-11-12-13-14-15-16-17-18-19-21(24)22(25)20-23(2)3;/h4-20H2,1-3H3;1H. The van der Waals surface area contributed by atoms with Crippen molar-refractivity contribution in [3.8, 4) is 0 Å². The van der Waals surface area contributed by atoms with Crippen LogP contribution in [0.3, 0.4) is 0 Å². The Morgan fingerprint density at radius 1 is 0.577 bits per heavy atom. The highest BCUT2D eigenvalue weighted by molar-refractivity contribution is 6.37. The molecular weight excluding hydrogens is 346 g/mol. The molecule has 0 heterocycles. The van der Waals surface area contributed by atoms with E-state index in [1.54, 1.807) is 4.90 Å². The highest BCUT2D eigenvalue weighted by Gasteiger charge is 2.13. The third kappa shape index (κ3) is 19.9. The summed E-state index contributed by atoms with van der Waals surface area (Å²) in [5.74, 6) is -0.432. The molecule has 0 aliphatic carbocycles. The van der Waals surface area contributed by atoms with Gasteiger partial charge in [-0.05, 0) is 20.5 Å². The number of rotatable bonds is 19. The normalized spacial score (nSPS) is 10.8. The van der Waals surface area contributed by atoms with Crippen LogP contribution in [0.25, 0.3) is 0 Å². The van der Waals surface area contributed by atoms with E-state index >= 15 is 0 Å². The molecule has 0 aliphatic rings. The predicted octanol–water partition coefficient (Wildman–Crippen LogP) is 6.37. The van der Waals surface area contributed by atoms with E-state index in [1.165, 1.54) is 83.5 Å². The highest BCUT2D eigenvalue weighted by Crippen LogP contribution is 2.13. The molecule has 0 spiro atoms. The van der Waals surface area contributed by atoms with Crippen molar-refractivity contribution >= 4 is 24.0 Å². The Morgan fingerprint density at radius 3 is 1.27 bits per heavy atom. The van der Waals surface area contributed by atoms with Gasteiger partial charge in [0.25, 0.3) is 0 Å². The smallest absolute Gasteiger partial charge is 0.212 e. The largest absolute Gasteiger partial charge is 0.302 e. The first-order valence-corrected chi connectivity index (χ1v) is 10.8. The summed E-state index contributed by atoms with van der Waals surface area (Å²) < 4.78 is 0. The molecule has 4 heteroatoms. The number of ketones is 2. The maximum absolute atomic E-state index is 11.6. The summed E-state index contributed by atoms with van der Waals surface area (Å²) in [6.07, 6.45) is 20.2. The summed E-state index contributed by atoms with van der Waals surface area (Å²) in [6, 6.07) is 0. The van der Waals surface area contributed by atoms with Gasteiger partial charge in [0.2, 0.25) is 5.78 Å². The van der Waals surface area contributed by atoms with Gasteiger partial charge in [-0.25, -0.2) is 0 Å². The molecule has 0 aliphatic heterocycles. The number of Topliss-reactive ketones (excluding diaryl/α,β-unsaturated/α-hetero) is 2. The fourth-order valence-electron chi connectivity index (χ4n) is 3.17. The van der Waals surface area contributed by atoms with E-state index in [-0.39, 0.29) is 30.5 Å². The monoisotopic (exact) mass is 389 g/mol. The maximum atomic E-state index is 11.6. The van der Waals surface area contributed by atoms with Gasteiger partial charge in [-0.15, -0.1) is 12.4 Å². The maximum Gasteiger partial charge on any atom is 0.212 e. The lowest BCUT2D eigenvalue weighted by atomic mass is 10.0. The van der Waals surface area contributed by atoms with E-state index in [0.29, 0.717) is 6.42 Å². The Labute approximate surface area is 169 Å². The van der Waals surface area contributed by atoms with Crippen molar-refractivity contribution in [1.82, 2.24) is 4.90 Å².